The smallest absolute Gasteiger partial charge is 0.319 e. The van der Waals surface area contributed by atoms with Gasteiger partial charge in [0.15, 0.2) is 0 Å². The minimum atomic E-state index is -0.962. The third-order valence-corrected chi connectivity index (χ3v) is 4.67. The van der Waals surface area contributed by atoms with Crippen LogP contribution in [0.4, 0.5) is 5.82 Å². The molecule has 0 unspecified atom stereocenters. The number of anilines is 1. The number of aliphatic imine (C=N–C) groups is 1. The number of ether oxygens (including phenoxy) is 2. The van der Waals surface area contributed by atoms with Crippen molar-refractivity contribution in [3.05, 3.63) is 46.6 Å². The lowest BCUT2D eigenvalue weighted by Crippen LogP contribution is -2.37. The highest BCUT2D eigenvalue weighted by molar-refractivity contribution is 5.78. The molecule has 1 aromatic carbocycles. The number of hydrogen-bond acceptors (Lipinski definition) is 7. The highest BCUT2D eigenvalue weighted by Crippen LogP contribution is 2.18. The second-order valence-electron chi connectivity index (χ2n) is 8.02. The SMILES string of the molecule is Cc1ccc(CN=Cc2cc(N3CCOCC3)nc(OCC(C)(C)O)n2)cc1C. The number of aliphatic hydroxyl groups is 1. The van der Waals surface area contributed by atoms with Gasteiger partial charge in [0, 0.05) is 25.4 Å². The Morgan fingerprint density at radius 1 is 1.17 bits per heavy atom. The predicted molar refractivity (Wildman–Crippen MR) is 114 cm³/mol. The molecule has 0 saturated carbocycles. The zero-order chi connectivity index (χ0) is 20.9. The first-order valence-electron chi connectivity index (χ1n) is 9.93. The normalized spacial score (nSPS) is 15.1. The lowest BCUT2D eigenvalue weighted by Gasteiger charge is -2.28. The molecule has 1 aliphatic heterocycles. The van der Waals surface area contributed by atoms with Crippen LogP contribution in [0.25, 0.3) is 0 Å². The third kappa shape index (κ3) is 6.51. The summed E-state index contributed by atoms with van der Waals surface area (Å²) in [6.45, 7) is 11.1. The summed E-state index contributed by atoms with van der Waals surface area (Å²) in [4.78, 5) is 15.7. The molecule has 0 bridgehead atoms. The van der Waals surface area contributed by atoms with E-state index in [0.717, 1.165) is 24.5 Å². The molecule has 1 N–H and O–H groups in total. The Morgan fingerprint density at radius 2 is 1.93 bits per heavy atom. The molecule has 7 heteroatoms. The summed E-state index contributed by atoms with van der Waals surface area (Å²) in [7, 11) is 0. The van der Waals surface area contributed by atoms with Gasteiger partial charge in [-0.3, -0.25) is 4.99 Å². The second kappa shape index (κ2) is 9.33. The summed E-state index contributed by atoms with van der Waals surface area (Å²) >= 11 is 0. The van der Waals surface area contributed by atoms with Gasteiger partial charge in [-0.15, -0.1) is 0 Å². The van der Waals surface area contributed by atoms with Gasteiger partial charge in [0.2, 0.25) is 0 Å². The van der Waals surface area contributed by atoms with Gasteiger partial charge in [0.1, 0.15) is 12.4 Å². The van der Waals surface area contributed by atoms with Crippen LogP contribution in [0.15, 0.2) is 29.3 Å². The van der Waals surface area contributed by atoms with E-state index >= 15 is 0 Å². The Hall–Kier alpha value is -2.51. The number of rotatable bonds is 7. The molecular weight excluding hydrogens is 368 g/mol. The molecule has 0 amide bonds. The molecule has 0 aliphatic carbocycles. The highest BCUT2D eigenvalue weighted by Gasteiger charge is 2.18. The standard InChI is InChI=1S/C22H30N4O3/c1-16-5-6-18(11-17(16)2)13-23-14-19-12-20(26-7-9-28-10-8-26)25-21(24-19)29-15-22(3,4)27/h5-6,11-12,14,27H,7-10,13,15H2,1-4H3. The largest absolute Gasteiger partial charge is 0.460 e. The van der Waals surface area contributed by atoms with Crippen LogP contribution in [0.2, 0.25) is 0 Å². The van der Waals surface area contributed by atoms with Crippen molar-refractivity contribution in [1.82, 2.24) is 9.97 Å². The third-order valence-electron chi connectivity index (χ3n) is 4.67. The number of aromatic nitrogens is 2. The van der Waals surface area contributed by atoms with Crippen molar-refractivity contribution in [2.75, 3.05) is 37.8 Å². The molecule has 3 rings (SSSR count). The first-order chi connectivity index (χ1) is 13.8. The maximum Gasteiger partial charge on any atom is 0.319 e. The molecule has 1 aromatic heterocycles. The van der Waals surface area contributed by atoms with E-state index < -0.39 is 5.60 Å². The van der Waals surface area contributed by atoms with Crippen LogP contribution in [0.1, 0.15) is 36.2 Å². The van der Waals surface area contributed by atoms with E-state index in [4.69, 9.17) is 9.47 Å². The topological polar surface area (TPSA) is 80.1 Å². The van der Waals surface area contributed by atoms with E-state index in [9.17, 15) is 5.11 Å². The Morgan fingerprint density at radius 3 is 2.62 bits per heavy atom. The number of nitrogens with zero attached hydrogens (tertiary/aromatic N) is 4. The average molecular weight is 399 g/mol. The van der Waals surface area contributed by atoms with Crippen LogP contribution >= 0.6 is 0 Å². The monoisotopic (exact) mass is 398 g/mol. The molecule has 156 valence electrons. The minimum absolute atomic E-state index is 0.110. The van der Waals surface area contributed by atoms with Crippen molar-refractivity contribution < 1.29 is 14.6 Å². The molecule has 2 heterocycles. The molecule has 1 saturated heterocycles. The molecule has 0 atom stereocenters. The van der Waals surface area contributed by atoms with Crippen LogP contribution in [-0.2, 0) is 11.3 Å². The summed E-state index contributed by atoms with van der Waals surface area (Å²) in [6.07, 6.45) is 1.75. The van der Waals surface area contributed by atoms with E-state index in [-0.39, 0.29) is 12.6 Å². The van der Waals surface area contributed by atoms with Crippen LogP contribution in [-0.4, -0.2) is 59.8 Å². The Kier molecular flexibility index (Phi) is 6.82. The van der Waals surface area contributed by atoms with Crippen molar-refractivity contribution >= 4 is 12.0 Å². The molecule has 29 heavy (non-hydrogen) atoms. The Balaban J connectivity index is 1.78. The van der Waals surface area contributed by atoms with E-state index in [1.54, 1.807) is 20.1 Å². The van der Waals surface area contributed by atoms with Gasteiger partial charge in [0.05, 0.1) is 31.1 Å². The minimum Gasteiger partial charge on any atom is -0.460 e. The maximum atomic E-state index is 9.94. The zero-order valence-corrected chi connectivity index (χ0v) is 17.7. The summed E-state index contributed by atoms with van der Waals surface area (Å²) in [5, 5.41) is 9.94. The van der Waals surface area contributed by atoms with Crippen molar-refractivity contribution in [1.29, 1.82) is 0 Å². The summed E-state index contributed by atoms with van der Waals surface area (Å²) < 4.78 is 11.1. The lowest BCUT2D eigenvalue weighted by molar-refractivity contribution is 0.0250. The lowest BCUT2D eigenvalue weighted by atomic mass is 10.1. The van der Waals surface area contributed by atoms with Crippen LogP contribution in [0.3, 0.4) is 0 Å². The van der Waals surface area contributed by atoms with Crippen molar-refractivity contribution in [2.45, 2.75) is 39.8 Å². The molecule has 0 spiro atoms. The van der Waals surface area contributed by atoms with Gasteiger partial charge >= 0.3 is 6.01 Å². The molecule has 1 fully saturated rings. The zero-order valence-electron chi connectivity index (χ0n) is 17.7. The summed E-state index contributed by atoms with van der Waals surface area (Å²) in [6, 6.07) is 8.51. The Labute approximate surface area is 172 Å². The fraction of sp³-hybridized carbons (Fsp3) is 0.500. The van der Waals surface area contributed by atoms with E-state index in [1.165, 1.54) is 11.1 Å². The van der Waals surface area contributed by atoms with E-state index in [2.05, 4.69) is 51.9 Å². The highest BCUT2D eigenvalue weighted by atomic mass is 16.5. The summed E-state index contributed by atoms with van der Waals surface area (Å²) in [5.74, 6) is 0.779. The van der Waals surface area contributed by atoms with Crippen molar-refractivity contribution in [3.63, 3.8) is 0 Å². The molecule has 1 aliphatic rings. The fourth-order valence-corrected chi connectivity index (χ4v) is 2.90. The molecule has 0 radical (unpaired) electrons. The quantitative estimate of drug-likeness (QED) is 0.723. The van der Waals surface area contributed by atoms with Gasteiger partial charge in [0.25, 0.3) is 0 Å². The van der Waals surface area contributed by atoms with Crippen LogP contribution in [0.5, 0.6) is 6.01 Å². The number of morpholine rings is 1. The van der Waals surface area contributed by atoms with E-state index in [0.29, 0.717) is 25.5 Å². The molecule has 7 nitrogen and oxygen atoms in total. The first kappa shape index (κ1) is 21.2. The van der Waals surface area contributed by atoms with Gasteiger partial charge < -0.3 is 19.5 Å². The van der Waals surface area contributed by atoms with Gasteiger partial charge in [-0.2, -0.15) is 9.97 Å². The first-order valence-corrected chi connectivity index (χ1v) is 9.93. The van der Waals surface area contributed by atoms with Crippen LogP contribution in [0, 0.1) is 13.8 Å². The van der Waals surface area contributed by atoms with E-state index in [1.807, 2.05) is 6.07 Å². The number of hydrogen-bond donors (Lipinski definition) is 1. The van der Waals surface area contributed by atoms with Gasteiger partial charge in [-0.1, -0.05) is 18.2 Å². The van der Waals surface area contributed by atoms with Crippen molar-refractivity contribution in [3.8, 4) is 6.01 Å². The second-order valence-corrected chi connectivity index (χ2v) is 8.02. The molecule has 2 aromatic rings. The Bertz CT molecular complexity index is 856. The van der Waals surface area contributed by atoms with Gasteiger partial charge in [-0.25, -0.2) is 0 Å². The van der Waals surface area contributed by atoms with Gasteiger partial charge in [-0.05, 0) is 44.4 Å². The maximum absolute atomic E-state index is 9.94. The number of aryl methyl sites for hydroxylation is 2. The average Bonchev–Trinajstić information content (AvgIpc) is 2.69. The fourth-order valence-electron chi connectivity index (χ4n) is 2.90. The van der Waals surface area contributed by atoms with Crippen molar-refractivity contribution in [2.24, 2.45) is 4.99 Å². The predicted octanol–water partition coefficient (Wildman–Crippen LogP) is 2.70. The summed E-state index contributed by atoms with van der Waals surface area (Å²) in [5.41, 5.74) is 3.41. The molecular formula is C22H30N4O3. The van der Waals surface area contributed by atoms with Crippen LogP contribution < -0.4 is 9.64 Å². The number of benzene rings is 1.